The minimum Gasteiger partial charge on any atom is -0.354 e. The van der Waals surface area contributed by atoms with Gasteiger partial charge in [0.1, 0.15) is 0 Å². The van der Waals surface area contributed by atoms with Crippen molar-refractivity contribution in [2.45, 2.75) is 18.8 Å². The van der Waals surface area contributed by atoms with Crippen LogP contribution in [0.2, 0.25) is 4.34 Å². The van der Waals surface area contributed by atoms with Crippen LogP contribution >= 0.6 is 22.9 Å². The first-order valence-electron chi connectivity index (χ1n) is 6.46. The van der Waals surface area contributed by atoms with E-state index in [1.807, 2.05) is 12.1 Å². The maximum absolute atomic E-state index is 12.4. The van der Waals surface area contributed by atoms with Crippen molar-refractivity contribution in [3.63, 3.8) is 0 Å². The van der Waals surface area contributed by atoms with Gasteiger partial charge in [0.25, 0.3) is 0 Å². The highest BCUT2D eigenvalue weighted by Gasteiger charge is 2.46. The second kappa shape index (κ2) is 5.13. The molecule has 6 heteroatoms. The van der Waals surface area contributed by atoms with Gasteiger partial charge in [0.15, 0.2) is 0 Å². The van der Waals surface area contributed by atoms with Gasteiger partial charge in [-0.05, 0) is 25.0 Å². The van der Waals surface area contributed by atoms with Crippen LogP contribution in [0.3, 0.4) is 0 Å². The third-order valence-electron chi connectivity index (χ3n) is 3.64. The van der Waals surface area contributed by atoms with Crippen molar-refractivity contribution in [1.29, 1.82) is 0 Å². The molecule has 2 fully saturated rings. The van der Waals surface area contributed by atoms with Crippen molar-refractivity contribution in [3.8, 4) is 0 Å². The van der Waals surface area contributed by atoms with Gasteiger partial charge >= 0.3 is 0 Å². The van der Waals surface area contributed by atoms with Gasteiger partial charge in [0, 0.05) is 29.8 Å². The molecule has 0 radical (unpaired) electrons. The number of thiophene rings is 1. The van der Waals surface area contributed by atoms with Crippen molar-refractivity contribution in [2.24, 2.45) is 5.92 Å². The lowest BCUT2D eigenvalue weighted by atomic mass is 10.2. The van der Waals surface area contributed by atoms with Crippen molar-refractivity contribution in [2.75, 3.05) is 19.6 Å². The second-order valence-electron chi connectivity index (χ2n) is 5.05. The summed E-state index contributed by atoms with van der Waals surface area (Å²) in [6, 6.07) is 3.88. The smallest absolute Gasteiger partial charge is 0.239 e. The average molecular weight is 299 g/mol. The van der Waals surface area contributed by atoms with Crippen LogP contribution in [0.4, 0.5) is 0 Å². The summed E-state index contributed by atoms with van der Waals surface area (Å²) in [6.07, 6.45) is 1.72. The Morgan fingerprint density at radius 1 is 1.47 bits per heavy atom. The number of nitrogens with one attached hydrogen (secondary N) is 1. The summed E-state index contributed by atoms with van der Waals surface area (Å²) >= 11 is 7.47. The molecule has 1 aromatic rings. The van der Waals surface area contributed by atoms with Gasteiger partial charge in [-0.25, -0.2) is 0 Å². The van der Waals surface area contributed by atoms with Crippen LogP contribution < -0.4 is 5.32 Å². The van der Waals surface area contributed by atoms with Gasteiger partial charge in [-0.1, -0.05) is 11.6 Å². The Balaban J connectivity index is 1.64. The lowest BCUT2D eigenvalue weighted by Gasteiger charge is -2.18. The lowest BCUT2D eigenvalue weighted by molar-refractivity contribution is -0.136. The molecule has 0 bridgehead atoms. The van der Waals surface area contributed by atoms with Crippen LogP contribution in [0.25, 0.3) is 0 Å². The maximum Gasteiger partial charge on any atom is 0.239 e. The van der Waals surface area contributed by atoms with Gasteiger partial charge in [-0.2, -0.15) is 0 Å². The summed E-state index contributed by atoms with van der Waals surface area (Å²) in [5, 5.41) is 2.79. The molecule has 19 heavy (non-hydrogen) atoms. The van der Waals surface area contributed by atoms with E-state index in [4.69, 9.17) is 11.6 Å². The molecule has 2 aliphatic rings. The Bertz CT molecular complexity index is 516. The molecule has 0 unspecified atom stereocenters. The lowest BCUT2D eigenvalue weighted by Crippen LogP contribution is -2.38. The summed E-state index contributed by atoms with van der Waals surface area (Å²) in [5.41, 5.74) is 0. The highest BCUT2D eigenvalue weighted by Crippen LogP contribution is 2.51. The van der Waals surface area contributed by atoms with E-state index in [2.05, 4.69) is 5.32 Å². The van der Waals surface area contributed by atoms with Crippen LogP contribution in [0.1, 0.15) is 23.6 Å². The standard InChI is InChI=1S/C13H15ClN2O2S/c14-11-3-2-10(19-11)8-6-9(8)13(18)16-5-1-4-15-12(17)7-16/h2-3,8-9H,1,4-7H2,(H,15,17)/t8-,9-/m1/s1. The monoisotopic (exact) mass is 298 g/mol. The highest BCUT2D eigenvalue weighted by atomic mass is 35.5. The van der Waals surface area contributed by atoms with E-state index in [1.165, 1.54) is 4.88 Å². The minimum atomic E-state index is -0.0535. The first-order valence-corrected chi connectivity index (χ1v) is 7.65. The molecule has 1 aliphatic carbocycles. The molecule has 4 nitrogen and oxygen atoms in total. The van der Waals surface area contributed by atoms with Crippen LogP contribution in [-0.4, -0.2) is 36.3 Å². The topological polar surface area (TPSA) is 49.4 Å². The summed E-state index contributed by atoms with van der Waals surface area (Å²) in [5.74, 6) is 0.408. The first kappa shape index (κ1) is 12.9. The number of nitrogens with zero attached hydrogens (tertiary/aromatic N) is 1. The molecule has 1 aromatic heterocycles. The van der Waals surface area contributed by atoms with Crippen molar-refractivity contribution in [1.82, 2.24) is 10.2 Å². The summed E-state index contributed by atoms with van der Waals surface area (Å²) in [7, 11) is 0. The SMILES string of the molecule is O=C1CN(C(=O)[C@@H]2C[C@H]2c2ccc(Cl)s2)CCCN1. The zero-order chi connectivity index (χ0) is 13.4. The van der Waals surface area contributed by atoms with Crippen LogP contribution in [0.5, 0.6) is 0 Å². The normalized spacial score (nSPS) is 26.8. The number of hydrogen-bond acceptors (Lipinski definition) is 3. The maximum atomic E-state index is 12.4. The molecule has 3 rings (SSSR count). The van der Waals surface area contributed by atoms with E-state index < -0.39 is 0 Å². The van der Waals surface area contributed by atoms with E-state index in [1.54, 1.807) is 16.2 Å². The number of carbonyl (C=O) groups is 2. The molecule has 0 spiro atoms. The summed E-state index contributed by atoms with van der Waals surface area (Å²) in [4.78, 5) is 26.7. The third-order valence-corrected chi connectivity index (χ3v) is 5.00. The van der Waals surface area contributed by atoms with Crippen LogP contribution in [0.15, 0.2) is 12.1 Å². The van der Waals surface area contributed by atoms with Gasteiger partial charge in [-0.15, -0.1) is 11.3 Å². The van der Waals surface area contributed by atoms with Gasteiger partial charge in [-0.3, -0.25) is 9.59 Å². The van der Waals surface area contributed by atoms with Crippen molar-refractivity contribution >= 4 is 34.8 Å². The molecular weight excluding hydrogens is 284 g/mol. The minimum absolute atomic E-state index is 0.0422. The Labute approximate surface area is 120 Å². The molecule has 2 atom stereocenters. The zero-order valence-corrected chi connectivity index (χ0v) is 12.0. The summed E-state index contributed by atoms with van der Waals surface area (Å²) < 4.78 is 0.766. The molecule has 0 aromatic carbocycles. The fraction of sp³-hybridized carbons (Fsp3) is 0.538. The molecule has 1 saturated heterocycles. The van der Waals surface area contributed by atoms with E-state index in [-0.39, 0.29) is 24.3 Å². The number of amides is 2. The van der Waals surface area contributed by atoms with Crippen molar-refractivity contribution in [3.05, 3.63) is 21.3 Å². The van der Waals surface area contributed by atoms with Crippen LogP contribution in [-0.2, 0) is 9.59 Å². The number of rotatable bonds is 2. The van der Waals surface area contributed by atoms with Gasteiger partial charge in [0.05, 0.1) is 10.9 Å². The quantitative estimate of drug-likeness (QED) is 0.906. The Morgan fingerprint density at radius 3 is 3.05 bits per heavy atom. The molecule has 1 N–H and O–H groups in total. The van der Waals surface area contributed by atoms with Crippen molar-refractivity contribution < 1.29 is 9.59 Å². The predicted molar refractivity (Wildman–Crippen MR) is 74.4 cm³/mol. The second-order valence-corrected chi connectivity index (χ2v) is 6.80. The highest BCUT2D eigenvalue weighted by molar-refractivity contribution is 7.16. The fourth-order valence-electron chi connectivity index (χ4n) is 2.54. The largest absolute Gasteiger partial charge is 0.354 e. The zero-order valence-electron chi connectivity index (χ0n) is 10.4. The number of hydrogen-bond donors (Lipinski definition) is 1. The number of halogens is 1. The molecular formula is C13H15ClN2O2S. The Morgan fingerprint density at radius 2 is 2.32 bits per heavy atom. The molecule has 1 aliphatic heterocycles. The van der Waals surface area contributed by atoms with E-state index in [0.29, 0.717) is 19.0 Å². The number of carbonyl (C=O) groups excluding carboxylic acids is 2. The Hall–Kier alpha value is -1.07. The molecule has 2 amide bonds. The van der Waals surface area contributed by atoms with E-state index in [0.717, 1.165) is 17.2 Å². The Kier molecular flexibility index (Phi) is 3.50. The molecule has 1 saturated carbocycles. The average Bonchev–Trinajstić information content (AvgIpc) is 3.11. The van der Waals surface area contributed by atoms with E-state index >= 15 is 0 Å². The van der Waals surface area contributed by atoms with Gasteiger partial charge in [0.2, 0.25) is 11.8 Å². The molecule has 2 heterocycles. The molecule has 102 valence electrons. The first-order chi connectivity index (χ1) is 9.15. The van der Waals surface area contributed by atoms with E-state index in [9.17, 15) is 9.59 Å². The summed E-state index contributed by atoms with van der Waals surface area (Å²) in [6.45, 7) is 1.54. The third kappa shape index (κ3) is 2.77. The fourth-order valence-corrected chi connectivity index (χ4v) is 3.78. The van der Waals surface area contributed by atoms with Gasteiger partial charge < -0.3 is 10.2 Å². The predicted octanol–water partition coefficient (Wildman–Crippen LogP) is 1.85. The van der Waals surface area contributed by atoms with Crippen LogP contribution in [0, 0.1) is 5.92 Å².